The van der Waals surface area contributed by atoms with Crippen molar-refractivity contribution in [3.8, 4) is 5.75 Å². The number of nitrogens with zero attached hydrogens (tertiary/aromatic N) is 2. The van der Waals surface area contributed by atoms with Gasteiger partial charge in [0.1, 0.15) is 11.3 Å². The number of benzene rings is 1. The van der Waals surface area contributed by atoms with Crippen LogP contribution in [0.4, 0.5) is 0 Å². The Morgan fingerprint density at radius 2 is 1.41 bits per heavy atom. The molecule has 0 unspecified atom stereocenters. The Hall–Kier alpha value is -2.63. The molecule has 0 aliphatic heterocycles. The summed E-state index contributed by atoms with van der Waals surface area (Å²) in [5, 5.41) is 10.1. The number of hydrogen-bond acceptors (Lipinski definition) is 4. The van der Waals surface area contributed by atoms with Gasteiger partial charge in [0.15, 0.2) is 0 Å². The number of rotatable bonds is 4. The molecular formula is C23H28N2O4. The van der Waals surface area contributed by atoms with Crippen molar-refractivity contribution in [2.75, 3.05) is 0 Å². The maximum absolute atomic E-state index is 13.3. The number of carbonyl (C=O) groups is 1. The van der Waals surface area contributed by atoms with Gasteiger partial charge in [-0.25, -0.2) is 4.79 Å². The van der Waals surface area contributed by atoms with Crippen LogP contribution < -0.4 is 11.2 Å². The van der Waals surface area contributed by atoms with Crippen LogP contribution in [0.15, 0.2) is 40.1 Å². The summed E-state index contributed by atoms with van der Waals surface area (Å²) in [5.74, 6) is -0.682. The molecule has 29 heavy (non-hydrogen) atoms. The van der Waals surface area contributed by atoms with Gasteiger partial charge >= 0.3 is 5.69 Å². The van der Waals surface area contributed by atoms with Gasteiger partial charge in [-0.1, -0.05) is 50.7 Å². The first-order chi connectivity index (χ1) is 14.1. The average molecular weight is 396 g/mol. The van der Waals surface area contributed by atoms with Gasteiger partial charge in [-0.15, -0.1) is 0 Å². The molecule has 2 aliphatic rings. The largest absolute Gasteiger partial charge is 0.507 e. The summed E-state index contributed by atoms with van der Waals surface area (Å²) in [5.41, 5.74) is -0.749. The Bertz CT molecular complexity index is 1010. The Morgan fingerprint density at radius 3 is 2.03 bits per heavy atom. The minimum absolute atomic E-state index is 0.0163. The second kappa shape index (κ2) is 8.39. The number of carbonyl (C=O) groups excluding carboxylic acids is 1. The first-order valence-corrected chi connectivity index (χ1v) is 10.8. The molecule has 2 aliphatic carbocycles. The van der Waals surface area contributed by atoms with Crippen LogP contribution in [0, 0.1) is 0 Å². The van der Waals surface area contributed by atoms with E-state index in [4.69, 9.17) is 0 Å². The molecule has 0 amide bonds. The molecular weight excluding hydrogens is 368 g/mol. The summed E-state index contributed by atoms with van der Waals surface area (Å²) in [6, 6.07) is 6.10. The van der Waals surface area contributed by atoms with E-state index in [1.54, 1.807) is 16.7 Å². The molecule has 2 fully saturated rings. The van der Waals surface area contributed by atoms with Gasteiger partial charge < -0.3 is 5.11 Å². The predicted octanol–water partition coefficient (Wildman–Crippen LogP) is 3.96. The van der Waals surface area contributed by atoms with Crippen LogP contribution in [0.3, 0.4) is 0 Å². The summed E-state index contributed by atoms with van der Waals surface area (Å²) >= 11 is 0. The highest BCUT2D eigenvalue weighted by atomic mass is 16.3. The monoisotopic (exact) mass is 396 g/mol. The third kappa shape index (κ3) is 3.80. The van der Waals surface area contributed by atoms with Crippen LogP contribution in [0.1, 0.15) is 92.2 Å². The van der Waals surface area contributed by atoms with Gasteiger partial charge in [0.25, 0.3) is 5.56 Å². The predicted molar refractivity (Wildman–Crippen MR) is 111 cm³/mol. The molecule has 0 atom stereocenters. The number of para-hydroxylation sites is 1. The Labute approximate surface area is 169 Å². The second-order valence-corrected chi connectivity index (χ2v) is 8.34. The molecule has 0 spiro atoms. The molecule has 1 aromatic heterocycles. The fourth-order valence-corrected chi connectivity index (χ4v) is 4.84. The van der Waals surface area contributed by atoms with E-state index in [-0.39, 0.29) is 34.6 Å². The molecule has 6 heteroatoms. The van der Waals surface area contributed by atoms with Crippen molar-refractivity contribution < 1.29 is 9.90 Å². The van der Waals surface area contributed by atoms with Gasteiger partial charge in [0.05, 0.1) is 5.56 Å². The van der Waals surface area contributed by atoms with Crippen molar-refractivity contribution in [3.63, 3.8) is 0 Å². The highest BCUT2D eigenvalue weighted by molar-refractivity contribution is 6.10. The zero-order chi connectivity index (χ0) is 20.4. The molecule has 1 aromatic carbocycles. The van der Waals surface area contributed by atoms with E-state index in [1.165, 1.54) is 22.9 Å². The zero-order valence-electron chi connectivity index (χ0n) is 16.7. The lowest BCUT2D eigenvalue weighted by Crippen LogP contribution is -2.46. The number of aromatic nitrogens is 2. The van der Waals surface area contributed by atoms with Gasteiger partial charge in [-0.05, 0) is 37.8 Å². The first-order valence-electron chi connectivity index (χ1n) is 10.8. The van der Waals surface area contributed by atoms with Crippen molar-refractivity contribution in [2.24, 2.45) is 0 Å². The molecule has 1 N–H and O–H groups in total. The molecule has 4 rings (SSSR count). The summed E-state index contributed by atoms with van der Waals surface area (Å²) in [6.45, 7) is 0. The summed E-state index contributed by atoms with van der Waals surface area (Å²) in [7, 11) is 0. The lowest BCUT2D eigenvalue weighted by Gasteiger charge is -2.28. The van der Waals surface area contributed by atoms with Crippen LogP contribution in [0.2, 0.25) is 0 Å². The van der Waals surface area contributed by atoms with E-state index >= 15 is 0 Å². The third-order valence-electron chi connectivity index (χ3n) is 6.45. The maximum atomic E-state index is 13.3. The lowest BCUT2D eigenvalue weighted by atomic mass is 9.94. The number of aromatic hydroxyl groups is 1. The van der Waals surface area contributed by atoms with E-state index in [9.17, 15) is 19.5 Å². The molecule has 0 bridgehead atoms. The highest BCUT2D eigenvalue weighted by Crippen LogP contribution is 2.29. The smallest absolute Gasteiger partial charge is 0.331 e. The molecule has 2 saturated carbocycles. The van der Waals surface area contributed by atoms with Crippen molar-refractivity contribution in [2.45, 2.75) is 76.3 Å². The van der Waals surface area contributed by atoms with Crippen LogP contribution in [0.25, 0.3) is 0 Å². The van der Waals surface area contributed by atoms with E-state index < -0.39 is 11.3 Å². The Morgan fingerprint density at radius 1 is 0.828 bits per heavy atom. The Balaban J connectivity index is 1.88. The fourth-order valence-electron chi connectivity index (χ4n) is 4.84. The molecule has 1 heterocycles. The first kappa shape index (κ1) is 19.7. The standard InChI is InChI=1S/C23H28N2O4/c26-20-14-8-7-13-18(20)21(27)19-15-24(16-9-3-1-4-10-16)23(29)25(22(19)28)17-11-5-2-6-12-17/h7-8,13-17,26H,1-6,9-12H2. The molecule has 154 valence electrons. The van der Waals surface area contributed by atoms with Crippen molar-refractivity contribution >= 4 is 5.78 Å². The number of phenolic OH excluding ortho intramolecular Hbond substituents is 1. The number of phenols is 1. The van der Waals surface area contributed by atoms with Gasteiger partial charge in [-0.2, -0.15) is 0 Å². The maximum Gasteiger partial charge on any atom is 0.331 e. The molecule has 6 nitrogen and oxygen atoms in total. The quantitative estimate of drug-likeness (QED) is 0.793. The number of ketones is 1. The van der Waals surface area contributed by atoms with E-state index in [0.29, 0.717) is 0 Å². The Kier molecular flexibility index (Phi) is 5.69. The molecule has 2 aromatic rings. The van der Waals surface area contributed by atoms with Gasteiger partial charge in [0, 0.05) is 18.3 Å². The normalized spacial score (nSPS) is 18.6. The van der Waals surface area contributed by atoms with Crippen molar-refractivity contribution in [3.05, 3.63) is 62.4 Å². The second-order valence-electron chi connectivity index (χ2n) is 8.34. The number of hydrogen-bond donors (Lipinski definition) is 1. The highest BCUT2D eigenvalue weighted by Gasteiger charge is 2.28. The minimum atomic E-state index is -0.526. The summed E-state index contributed by atoms with van der Waals surface area (Å²) in [4.78, 5) is 39.8. The molecule has 0 radical (unpaired) electrons. The van der Waals surface area contributed by atoms with Gasteiger partial charge in [0.2, 0.25) is 5.78 Å². The lowest BCUT2D eigenvalue weighted by molar-refractivity contribution is 0.103. The van der Waals surface area contributed by atoms with Crippen LogP contribution in [-0.2, 0) is 0 Å². The average Bonchev–Trinajstić information content (AvgIpc) is 2.75. The third-order valence-corrected chi connectivity index (χ3v) is 6.45. The van der Waals surface area contributed by atoms with Crippen LogP contribution >= 0.6 is 0 Å². The minimum Gasteiger partial charge on any atom is -0.507 e. The molecule has 0 saturated heterocycles. The summed E-state index contributed by atoms with van der Waals surface area (Å²) in [6.07, 6.45) is 11.1. The van der Waals surface area contributed by atoms with Crippen molar-refractivity contribution in [1.82, 2.24) is 9.13 Å². The summed E-state index contributed by atoms with van der Waals surface area (Å²) < 4.78 is 2.96. The zero-order valence-corrected chi connectivity index (χ0v) is 16.7. The van der Waals surface area contributed by atoms with E-state index in [0.717, 1.165) is 64.2 Å². The topological polar surface area (TPSA) is 81.3 Å². The SMILES string of the molecule is O=C(c1ccccc1O)c1cn(C2CCCCC2)c(=O)n(C2CCCCC2)c1=O. The van der Waals surface area contributed by atoms with E-state index in [2.05, 4.69) is 0 Å². The van der Waals surface area contributed by atoms with Gasteiger partial charge in [-0.3, -0.25) is 18.7 Å². The van der Waals surface area contributed by atoms with Crippen molar-refractivity contribution in [1.29, 1.82) is 0 Å². The van der Waals surface area contributed by atoms with E-state index in [1.807, 2.05) is 0 Å². The van der Waals surface area contributed by atoms with Crippen LogP contribution in [-0.4, -0.2) is 20.0 Å². The fraction of sp³-hybridized carbons (Fsp3) is 0.522. The van der Waals surface area contributed by atoms with Crippen LogP contribution in [0.5, 0.6) is 5.75 Å².